The Morgan fingerprint density at radius 2 is 1.85 bits per heavy atom. The van der Waals surface area contributed by atoms with E-state index in [0.29, 0.717) is 5.69 Å². The maximum Gasteiger partial charge on any atom is 0.267 e. The van der Waals surface area contributed by atoms with Gasteiger partial charge in [-0.2, -0.15) is 10.4 Å². The summed E-state index contributed by atoms with van der Waals surface area (Å²) in [6.45, 7) is -0.0442. The first-order valence-electron chi connectivity index (χ1n) is 6.23. The zero-order valence-electron chi connectivity index (χ0n) is 10.7. The van der Waals surface area contributed by atoms with Crippen LogP contribution in [0.5, 0.6) is 0 Å². The molecule has 0 saturated heterocycles. The monoisotopic (exact) mass is 261 g/mol. The van der Waals surface area contributed by atoms with Crippen LogP contribution in [-0.2, 0) is 6.54 Å². The SMILES string of the molecule is N#CCn1nc(-c2cccc3ccccc23)ccc1=O. The zero-order chi connectivity index (χ0) is 13.9. The highest BCUT2D eigenvalue weighted by molar-refractivity contribution is 5.95. The van der Waals surface area contributed by atoms with Gasteiger partial charge in [0, 0.05) is 11.6 Å². The zero-order valence-corrected chi connectivity index (χ0v) is 10.7. The van der Waals surface area contributed by atoms with Gasteiger partial charge in [-0.1, -0.05) is 42.5 Å². The number of hydrogen-bond donors (Lipinski definition) is 0. The summed E-state index contributed by atoms with van der Waals surface area (Å²) in [4.78, 5) is 11.6. The second kappa shape index (κ2) is 4.98. The van der Waals surface area contributed by atoms with Gasteiger partial charge in [0.1, 0.15) is 6.54 Å². The first-order valence-corrected chi connectivity index (χ1v) is 6.23. The van der Waals surface area contributed by atoms with Crippen molar-refractivity contribution >= 4 is 10.8 Å². The van der Waals surface area contributed by atoms with Gasteiger partial charge in [0.25, 0.3) is 5.56 Å². The summed E-state index contributed by atoms with van der Waals surface area (Å²) in [5.41, 5.74) is 1.38. The third-order valence-corrected chi connectivity index (χ3v) is 3.15. The molecule has 4 nitrogen and oxygen atoms in total. The van der Waals surface area contributed by atoms with Crippen LogP contribution in [-0.4, -0.2) is 9.78 Å². The molecule has 1 heterocycles. The van der Waals surface area contributed by atoms with Gasteiger partial charge in [-0.25, -0.2) is 4.68 Å². The lowest BCUT2D eigenvalue weighted by Gasteiger charge is -2.07. The van der Waals surface area contributed by atoms with Gasteiger partial charge >= 0.3 is 0 Å². The fraction of sp³-hybridized carbons (Fsp3) is 0.0625. The van der Waals surface area contributed by atoms with Gasteiger partial charge in [0.2, 0.25) is 0 Å². The molecule has 0 aliphatic rings. The molecule has 0 unspecified atom stereocenters. The molecular formula is C16H11N3O. The van der Waals surface area contributed by atoms with E-state index in [1.165, 1.54) is 10.7 Å². The first-order chi connectivity index (χ1) is 9.79. The molecular weight excluding hydrogens is 250 g/mol. The number of nitriles is 1. The summed E-state index contributed by atoms with van der Waals surface area (Å²) in [6, 6.07) is 19.0. The van der Waals surface area contributed by atoms with Gasteiger partial charge in [0.05, 0.1) is 11.8 Å². The third-order valence-electron chi connectivity index (χ3n) is 3.15. The second-order valence-electron chi connectivity index (χ2n) is 4.40. The predicted octanol–water partition coefficient (Wildman–Crippen LogP) is 2.59. The number of benzene rings is 2. The van der Waals surface area contributed by atoms with E-state index in [2.05, 4.69) is 5.10 Å². The van der Waals surface area contributed by atoms with Gasteiger partial charge in [-0.3, -0.25) is 4.79 Å². The van der Waals surface area contributed by atoms with Gasteiger partial charge in [-0.15, -0.1) is 0 Å². The minimum atomic E-state index is -0.268. The van der Waals surface area contributed by atoms with Crippen molar-refractivity contribution in [1.82, 2.24) is 9.78 Å². The van der Waals surface area contributed by atoms with E-state index in [1.54, 1.807) is 6.07 Å². The van der Waals surface area contributed by atoms with Crippen LogP contribution in [0.15, 0.2) is 59.4 Å². The van der Waals surface area contributed by atoms with Crippen molar-refractivity contribution in [2.45, 2.75) is 6.54 Å². The lowest BCUT2D eigenvalue weighted by molar-refractivity contribution is 0.662. The van der Waals surface area contributed by atoms with Gasteiger partial charge < -0.3 is 0 Å². The molecule has 0 fully saturated rings. The normalized spacial score (nSPS) is 10.3. The standard InChI is InChI=1S/C16H11N3O/c17-10-11-19-16(20)9-8-15(18-19)14-7-3-5-12-4-1-2-6-13(12)14/h1-9H,11H2. The maximum absolute atomic E-state index is 11.6. The molecule has 3 aromatic rings. The van der Waals surface area contributed by atoms with Crippen LogP contribution in [0.1, 0.15) is 0 Å². The molecule has 96 valence electrons. The van der Waals surface area contributed by atoms with E-state index >= 15 is 0 Å². The van der Waals surface area contributed by atoms with Crippen LogP contribution < -0.4 is 5.56 Å². The van der Waals surface area contributed by atoms with Gasteiger partial charge in [-0.05, 0) is 16.8 Å². The van der Waals surface area contributed by atoms with E-state index in [9.17, 15) is 4.79 Å². The average molecular weight is 261 g/mol. The molecule has 0 N–H and O–H groups in total. The summed E-state index contributed by atoms with van der Waals surface area (Å²) >= 11 is 0. The lowest BCUT2D eigenvalue weighted by atomic mass is 10.0. The highest BCUT2D eigenvalue weighted by atomic mass is 16.1. The molecule has 0 atom stereocenters. The van der Waals surface area contributed by atoms with Crippen molar-refractivity contribution in [2.75, 3.05) is 0 Å². The first kappa shape index (κ1) is 12.1. The molecule has 0 amide bonds. The minimum Gasteiger partial charge on any atom is -0.268 e. The second-order valence-corrected chi connectivity index (χ2v) is 4.40. The lowest BCUT2D eigenvalue weighted by Crippen LogP contribution is -2.21. The third kappa shape index (κ3) is 2.06. The Hall–Kier alpha value is -2.93. The Labute approximate surface area is 115 Å². The van der Waals surface area contributed by atoms with E-state index in [1.807, 2.05) is 48.5 Å². The number of fused-ring (bicyclic) bond motifs is 1. The van der Waals surface area contributed by atoms with Crippen LogP contribution >= 0.6 is 0 Å². The van der Waals surface area contributed by atoms with Gasteiger partial charge in [0.15, 0.2) is 0 Å². The molecule has 4 heteroatoms. The molecule has 2 aromatic carbocycles. The van der Waals surface area contributed by atoms with E-state index in [4.69, 9.17) is 5.26 Å². The molecule has 3 rings (SSSR count). The van der Waals surface area contributed by atoms with E-state index in [0.717, 1.165) is 16.3 Å². The van der Waals surface area contributed by atoms with Crippen molar-refractivity contribution in [3.63, 3.8) is 0 Å². The minimum absolute atomic E-state index is 0.0442. The van der Waals surface area contributed by atoms with Crippen molar-refractivity contribution in [3.05, 3.63) is 65.0 Å². The van der Waals surface area contributed by atoms with Crippen LogP contribution in [0.4, 0.5) is 0 Å². The highest BCUT2D eigenvalue weighted by Crippen LogP contribution is 2.26. The van der Waals surface area contributed by atoms with Crippen LogP contribution in [0.2, 0.25) is 0 Å². The van der Waals surface area contributed by atoms with Crippen molar-refractivity contribution in [3.8, 4) is 17.3 Å². The summed E-state index contributed by atoms with van der Waals surface area (Å²) < 4.78 is 1.18. The van der Waals surface area contributed by atoms with E-state index in [-0.39, 0.29) is 12.1 Å². The summed E-state index contributed by atoms with van der Waals surface area (Å²) in [7, 11) is 0. The summed E-state index contributed by atoms with van der Waals surface area (Å²) in [6.07, 6.45) is 0. The number of aromatic nitrogens is 2. The Balaban J connectivity index is 2.24. The largest absolute Gasteiger partial charge is 0.268 e. The van der Waals surface area contributed by atoms with Crippen molar-refractivity contribution in [1.29, 1.82) is 5.26 Å². The predicted molar refractivity (Wildman–Crippen MR) is 77.1 cm³/mol. The highest BCUT2D eigenvalue weighted by Gasteiger charge is 2.06. The van der Waals surface area contributed by atoms with Crippen molar-refractivity contribution < 1.29 is 0 Å². The smallest absolute Gasteiger partial charge is 0.267 e. The molecule has 1 aromatic heterocycles. The fourth-order valence-corrected chi connectivity index (χ4v) is 2.22. The molecule has 0 aliphatic carbocycles. The molecule has 20 heavy (non-hydrogen) atoms. The molecule has 0 saturated carbocycles. The van der Waals surface area contributed by atoms with Crippen LogP contribution in [0, 0.1) is 11.3 Å². The average Bonchev–Trinajstić information content (AvgIpc) is 2.49. The molecule has 0 spiro atoms. The number of hydrogen-bond acceptors (Lipinski definition) is 3. The molecule has 0 aliphatic heterocycles. The van der Waals surface area contributed by atoms with Crippen LogP contribution in [0.25, 0.3) is 22.0 Å². The number of rotatable bonds is 2. The topological polar surface area (TPSA) is 58.7 Å². The Kier molecular flexibility index (Phi) is 3.02. The maximum atomic E-state index is 11.6. The van der Waals surface area contributed by atoms with Crippen molar-refractivity contribution in [2.24, 2.45) is 0 Å². The molecule has 0 bridgehead atoms. The Morgan fingerprint density at radius 1 is 1.05 bits per heavy atom. The summed E-state index contributed by atoms with van der Waals surface area (Å²) in [5.74, 6) is 0. The molecule has 0 radical (unpaired) electrons. The Bertz CT molecular complexity index is 869. The Morgan fingerprint density at radius 3 is 2.70 bits per heavy atom. The summed E-state index contributed by atoms with van der Waals surface area (Å²) in [5, 5.41) is 15.2. The quantitative estimate of drug-likeness (QED) is 0.712. The van der Waals surface area contributed by atoms with Crippen LogP contribution in [0.3, 0.4) is 0 Å². The number of nitrogens with zero attached hydrogens (tertiary/aromatic N) is 3. The fourth-order valence-electron chi connectivity index (χ4n) is 2.22. The van der Waals surface area contributed by atoms with E-state index < -0.39 is 0 Å².